The predicted octanol–water partition coefficient (Wildman–Crippen LogP) is 4.36. The molecule has 1 aliphatic carbocycles. The first kappa shape index (κ1) is 21.4. The van der Waals surface area contributed by atoms with Crippen LogP contribution in [0, 0.1) is 11.8 Å². The van der Waals surface area contributed by atoms with Gasteiger partial charge in [0.1, 0.15) is 0 Å². The lowest BCUT2D eigenvalue weighted by atomic mass is 9.79. The summed E-state index contributed by atoms with van der Waals surface area (Å²) in [4.78, 5) is 29.9. The van der Waals surface area contributed by atoms with Crippen LogP contribution >= 0.6 is 0 Å². The van der Waals surface area contributed by atoms with Gasteiger partial charge in [-0.1, -0.05) is 32.0 Å². The second-order valence-electron chi connectivity index (χ2n) is 9.68. The number of carbonyl (C=O) groups excluding carboxylic acids is 2. The smallest absolute Gasteiger partial charge is 0.306 e. The summed E-state index contributed by atoms with van der Waals surface area (Å²) in [5.41, 5.74) is 1.97. The third-order valence-corrected chi connectivity index (χ3v) is 7.77. The molecule has 2 aliphatic heterocycles. The molecule has 1 saturated carbocycles. The molecule has 1 aromatic carbocycles. The molecular formula is C25H36N2O3. The maximum absolute atomic E-state index is 13.3. The number of carbonyl (C=O) groups is 2. The van der Waals surface area contributed by atoms with Crippen LogP contribution in [0.4, 0.5) is 5.69 Å². The van der Waals surface area contributed by atoms with Crippen molar-refractivity contribution in [1.29, 1.82) is 0 Å². The fourth-order valence-electron chi connectivity index (χ4n) is 5.89. The third kappa shape index (κ3) is 4.14. The van der Waals surface area contributed by atoms with E-state index in [0.717, 1.165) is 55.1 Å². The summed E-state index contributed by atoms with van der Waals surface area (Å²) in [6, 6.07) is 8.91. The lowest BCUT2D eigenvalue weighted by Crippen LogP contribution is -2.50. The van der Waals surface area contributed by atoms with Crippen molar-refractivity contribution >= 4 is 17.6 Å². The van der Waals surface area contributed by atoms with E-state index < -0.39 is 5.92 Å². The fourth-order valence-corrected chi connectivity index (χ4v) is 5.89. The monoisotopic (exact) mass is 412 g/mol. The summed E-state index contributed by atoms with van der Waals surface area (Å²) in [6.45, 7) is 6.84. The van der Waals surface area contributed by atoms with Crippen LogP contribution in [-0.2, 0) is 14.3 Å². The molecule has 1 saturated heterocycles. The Morgan fingerprint density at radius 1 is 1.03 bits per heavy atom. The Bertz CT molecular complexity index is 761. The molecule has 1 unspecified atom stereocenters. The number of anilines is 1. The van der Waals surface area contributed by atoms with Crippen LogP contribution in [0.15, 0.2) is 24.3 Å². The van der Waals surface area contributed by atoms with Crippen molar-refractivity contribution in [2.75, 3.05) is 25.1 Å². The van der Waals surface area contributed by atoms with E-state index in [4.69, 9.17) is 4.74 Å². The SMILES string of the molecule is COC(=O)CC1C(=O)N(C2CCN(C3CCC(C(C)C)CC3)CC2)c2ccccc21. The number of para-hydroxylation sites is 1. The Morgan fingerprint density at radius 3 is 2.33 bits per heavy atom. The Kier molecular flexibility index (Phi) is 6.47. The Labute approximate surface area is 180 Å². The summed E-state index contributed by atoms with van der Waals surface area (Å²) < 4.78 is 4.84. The molecule has 1 atom stereocenters. The van der Waals surface area contributed by atoms with Gasteiger partial charge in [0.05, 0.1) is 19.4 Å². The quantitative estimate of drug-likeness (QED) is 0.675. The van der Waals surface area contributed by atoms with Gasteiger partial charge in [0.25, 0.3) is 0 Å². The highest BCUT2D eigenvalue weighted by Crippen LogP contribution is 2.42. The minimum atomic E-state index is -0.405. The van der Waals surface area contributed by atoms with Crippen molar-refractivity contribution in [3.05, 3.63) is 29.8 Å². The first-order valence-electron chi connectivity index (χ1n) is 11.7. The van der Waals surface area contributed by atoms with Gasteiger partial charge in [0.2, 0.25) is 5.91 Å². The van der Waals surface area contributed by atoms with Gasteiger partial charge < -0.3 is 14.5 Å². The second kappa shape index (κ2) is 9.09. The number of amides is 1. The summed E-state index contributed by atoms with van der Waals surface area (Å²) in [5, 5.41) is 0. The Hall–Kier alpha value is -1.88. The van der Waals surface area contributed by atoms with E-state index in [0.29, 0.717) is 0 Å². The summed E-state index contributed by atoms with van der Waals surface area (Å²) in [6.07, 6.45) is 7.50. The number of fused-ring (bicyclic) bond motifs is 1. The summed E-state index contributed by atoms with van der Waals surface area (Å²) in [7, 11) is 1.38. The van der Waals surface area contributed by atoms with Gasteiger partial charge in [-0.25, -0.2) is 0 Å². The summed E-state index contributed by atoms with van der Waals surface area (Å²) >= 11 is 0. The van der Waals surface area contributed by atoms with Gasteiger partial charge in [0, 0.05) is 30.9 Å². The lowest BCUT2D eigenvalue weighted by molar-refractivity contribution is -0.142. The van der Waals surface area contributed by atoms with E-state index in [2.05, 4.69) is 18.7 Å². The molecule has 0 aromatic heterocycles. The van der Waals surface area contributed by atoms with Gasteiger partial charge in [-0.15, -0.1) is 0 Å². The zero-order valence-corrected chi connectivity index (χ0v) is 18.7. The highest BCUT2D eigenvalue weighted by molar-refractivity contribution is 6.06. The van der Waals surface area contributed by atoms with Crippen LogP contribution < -0.4 is 4.90 Å². The van der Waals surface area contributed by atoms with Gasteiger partial charge in [0.15, 0.2) is 0 Å². The average Bonchev–Trinajstić information content (AvgIpc) is 3.05. The molecule has 5 nitrogen and oxygen atoms in total. The van der Waals surface area contributed by atoms with Crippen molar-refractivity contribution in [2.45, 2.75) is 76.8 Å². The van der Waals surface area contributed by atoms with E-state index in [1.165, 1.54) is 32.8 Å². The number of benzene rings is 1. The highest BCUT2D eigenvalue weighted by atomic mass is 16.5. The van der Waals surface area contributed by atoms with E-state index >= 15 is 0 Å². The number of nitrogens with zero attached hydrogens (tertiary/aromatic N) is 2. The minimum Gasteiger partial charge on any atom is -0.469 e. The van der Waals surface area contributed by atoms with E-state index in [-0.39, 0.29) is 24.3 Å². The minimum absolute atomic E-state index is 0.0671. The van der Waals surface area contributed by atoms with Gasteiger partial charge in [-0.3, -0.25) is 9.59 Å². The lowest BCUT2D eigenvalue weighted by Gasteiger charge is -2.43. The van der Waals surface area contributed by atoms with Crippen molar-refractivity contribution in [1.82, 2.24) is 4.90 Å². The van der Waals surface area contributed by atoms with E-state index in [1.54, 1.807) is 0 Å². The van der Waals surface area contributed by atoms with Crippen molar-refractivity contribution in [2.24, 2.45) is 11.8 Å². The zero-order valence-electron chi connectivity index (χ0n) is 18.7. The molecule has 0 spiro atoms. The number of rotatable bonds is 5. The molecule has 2 fully saturated rings. The molecule has 1 amide bonds. The van der Waals surface area contributed by atoms with Crippen LogP contribution in [0.3, 0.4) is 0 Å². The Morgan fingerprint density at radius 2 is 1.70 bits per heavy atom. The number of hydrogen-bond donors (Lipinski definition) is 0. The van der Waals surface area contributed by atoms with Gasteiger partial charge in [-0.05, 0) is 62.0 Å². The molecule has 0 bridgehead atoms. The van der Waals surface area contributed by atoms with Crippen LogP contribution in [0.2, 0.25) is 0 Å². The number of likely N-dealkylation sites (tertiary alicyclic amines) is 1. The zero-order chi connectivity index (χ0) is 21.3. The summed E-state index contributed by atoms with van der Waals surface area (Å²) in [5.74, 6) is 1.03. The largest absolute Gasteiger partial charge is 0.469 e. The highest BCUT2D eigenvalue weighted by Gasteiger charge is 2.43. The second-order valence-corrected chi connectivity index (χ2v) is 9.68. The number of piperidine rings is 1. The first-order valence-corrected chi connectivity index (χ1v) is 11.7. The van der Waals surface area contributed by atoms with Crippen LogP contribution in [-0.4, -0.2) is 49.1 Å². The molecule has 30 heavy (non-hydrogen) atoms. The number of methoxy groups -OCH3 is 1. The standard InChI is InChI=1S/C25H36N2O3/c1-17(2)18-8-10-19(11-9-18)26-14-12-20(13-15-26)27-23-7-5-4-6-21(23)22(25(27)29)16-24(28)30-3/h4-7,17-20,22H,8-16H2,1-3H3. The van der Waals surface area contributed by atoms with Crippen LogP contribution in [0.1, 0.15) is 70.3 Å². The normalized spacial score (nSPS) is 28.1. The van der Waals surface area contributed by atoms with Crippen LogP contribution in [0.5, 0.6) is 0 Å². The average molecular weight is 413 g/mol. The predicted molar refractivity (Wildman–Crippen MR) is 118 cm³/mol. The molecule has 1 aromatic rings. The third-order valence-electron chi connectivity index (χ3n) is 7.77. The van der Waals surface area contributed by atoms with Crippen molar-refractivity contribution in [3.63, 3.8) is 0 Å². The maximum Gasteiger partial charge on any atom is 0.306 e. The molecule has 2 heterocycles. The number of esters is 1. The van der Waals surface area contributed by atoms with E-state index in [9.17, 15) is 9.59 Å². The van der Waals surface area contributed by atoms with Gasteiger partial charge in [-0.2, -0.15) is 0 Å². The molecule has 0 radical (unpaired) electrons. The molecule has 4 rings (SSSR count). The topological polar surface area (TPSA) is 49.9 Å². The van der Waals surface area contributed by atoms with Gasteiger partial charge >= 0.3 is 5.97 Å². The Balaban J connectivity index is 1.40. The van der Waals surface area contributed by atoms with Crippen molar-refractivity contribution < 1.29 is 14.3 Å². The fraction of sp³-hybridized carbons (Fsp3) is 0.680. The first-order chi connectivity index (χ1) is 14.5. The van der Waals surface area contributed by atoms with Crippen molar-refractivity contribution in [3.8, 4) is 0 Å². The number of ether oxygens (including phenoxy) is 1. The number of hydrogen-bond acceptors (Lipinski definition) is 4. The molecular weight excluding hydrogens is 376 g/mol. The molecule has 0 N–H and O–H groups in total. The molecule has 5 heteroatoms. The maximum atomic E-state index is 13.3. The van der Waals surface area contributed by atoms with E-state index in [1.807, 2.05) is 29.2 Å². The molecule has 3 aliphatic rings. The molecule has 164 valence electrons. The van der Waals surface area contributed by atoms with Crippen LogP contribution in [0.25, 0.3) is 0 Å².